The molecule has 0 spiro atoms. The molecule has 0 aliphatic rings. The number of carbonyl (C=O) groups excluding carboxylic acids is 1. The zero-order valence-electron chi connectivity index (χ0n) is 18.3. The Morgan fingerprint density at radius 2 is 1.50 bits per heavy atom. The number of ether oxygens (including phenoxy) is 3. The summed E-state index contributed by atoms with van der Waals surface area (Å²) >= 11 is 0. The summed E-state index contributed by atoms with van der Waals surface area (Å²) in [5, 5.41) is 0. The third-order valence-electron chi connectivity index (χ3n) is 4.37. The first kappa shape index (κ1) is 23.3. The number of unbranched alkanes of at least 4 members (excludes halogenated alkanes) is 2. The average molecular weight is 409 g/mol. The van der Waals surface area contributed by atoms with Crippen LogP contribution >= 0.6 is 0 Å². The monoisotopic (exact) mass is 408 g/mol. The van der Waals surface area contributed by atoms with Crippen LogP contribution in [0.2, 0.25) is 0 Å². The molecule has 160 valence electrons. The van der Waals surface area contributed by atoms with Gasteiger partial charge in [0.15, 0.2) is 5.78 Å². The van der Waals surface area contributed by atoms with Crippen molar-refractivity contribution in [2.45, 2.75) is 46.5 Å². The highest BCUT2D eigenvalue weighted by atomic mass is 16.5. The van der Waals surface area contributed by atoms with Crippen LogP contribution in [0.3, 0.4) is 0 Å². The maximum Gasteiger partial charge on any atom is 0.185 e. The summed E-state index contributed by atoms with van der Waals surface area (Å²) in [7, 11) is 0. The van der Waals surface area contributed by atoms with Crippen LogP contribution in [0.15, 0.2) is 60.9 Å². The van der Waals surface area contributed by atoms with Gasteiger partial charge in [-0.15, -0.1) is 0 Å². The summed E-state index contributed by atoms with van der Waals surface area (Å²) in [5.41, 5.74) is 1.37. The standard InChI is InChI=1S/C26H32O4/c1-5-7-18-28-25-10-9-11-26(29-19-8-6-2)23(25)16-17-24(27)21-12-14-22(15-13-21)30-20(3)4/h9-17H,3,5-8,18-19H2,1-2,4H3. The van der Waals surface area contributed by atoms with Gasteiger partial charge in [0.05, 0.1) is 24.5 Å². The van der Waals surface area contributed by atoms with E-state index in [1.165, 1.54) is 0 Å². The summed E-state index contributed by atoms with van der Waals surface area (Å²) < 4.78 is 17.3. The van der Waals surface area contributed by atoms with E-state index in [-0.39, 0.29) is 5.78 Å². The normalized spacial score (nSPS) is 10.8. The highest BCUT2D eigenvalue weighted by Crippen LogP contribution is 2.31. The number of hydrogen-bond donors (Lipinski definition) is 0. The summed E-state index contributed by atoms with van der Waals surface area (Å²) in [6.07, 6.45) is 7.40. The fourth-order valence-corrected chi connectivity index (χ4v) is 2.74. The first-order valence-electron chi connectivity index (χ1n) is 10.6. The Morgan fingerprint density at radius 3 is 2.00 bits per heavy atom. The molecule has 0 aliphatic heterocycles. The van der Waals surface area contributed by atoms with Crippen LogP contribution < -0.4 is 14.2 Å². The fraction of sp³-hybridized carbons (Fsp3) is 0.346. The Balaban J connectivity index is 2.20. The van der Waals surface area contributed by atoms with E-state index in [9.17, 15) is 4.79 Å². The minimum atomic E-state index is -0.0975. The first-order chi connectivity index (χ1) is 14.5. The molecule has 0 N–H and O–H groups in total. The lowest BCUT2D eigenvalue weighted by Gasteiger charge is -2.14. The largest absolute Gasteiger partial charge is 0.493 e. The molecule has 0 bridgehead atoms. The second-order valence-electron chi connectivity index (χ2n) is 7.10. The van der Waals surface area contributed by atoms with Crippen molar-refractivity contribution in [2.24, 2.45) is 0 Å². The van der Waals surface area contributed by atoms with Gasteiger partial charge in [-0.2, -0.15) is 0 Å². The highest BCUT2D eigenvalue weighted by Gasteiger charge is 2.10. The van der Waals surface area contributed by atoms with Crippen molar-refractivity contribution < 1.29 is 19.0 Å². The average Bonchev–Trinajstić information content (AvgIpc) is 2.73. The molecule has 0 saturated carbocycles. The Bertz CT molecular complexity index is 822. The Morgan fingerprint density at radius 1 is 0.933 bits per heavy atom. The van der Waals surface area contributed by atoms with Gasteiger partial charge in [-0.25, -0.2) is 0 Å². The third-order valence-corrected chi connectivity index (χ3v) is 4.37. The number of hydrogen-bond acceptors (Lipinski definition) is 4. The van der Waals surface area contributed by atoms with Crippen LogP contribution in [0.25, 0.3) is 6.08 Å². The van der Waals surface area contributed by atoms with Gasteiger partial charge >= 0.3 is 0 Å². The van der Waals surface area contributed by atoms with E-state index in [2.05, 4.69) is 20.4 Å². The molecule has 2 rings (SSSR count). The molecule has 0 atom stereocenters. The third kappa shape index (κ3) is 7.43. The van der Waals surface area contributed by atoms with E-state index < -0.39 is 0 Å². The maximum atomic E-state index is 12.7. The van der Waals surface area contributed by atoms with Crippen molar-refractivity contribution in [3.8, 4) is 17.2 Å². The van der Waals surface area contributed by atoms with Gasteiger partial charge in [-0.05, 0) is 68.3 Å². The van der Waals surface area contributed by atoms with Crippen molar-refractivity contribution in [3.05, 3.63) is 72.0 Å². The molecule has 0 unspecified atom stereocenters. The lowest BCUT2D eigenvalue weighted by molar-refractivity contribution is 0.104. The van der Waals surface area contributed by atoms with Gasteiger partial charge in [0, 0.05) is 5.56 Å². The molecule has 0 aromatic heterocycles. The van der Waals surface area contributed by atoms with Crippen LogP contribution in [0.4, 0.5) is 0 Å². The van der Waals surface area contributed by atoms with E-state index in [1.54, 1.807) is 43.3 Å². The van der Waals surface area contributed by atoms with E-state index >= 15 is 0 Å². The molecule has 4 heteroatoms. The molecule has 0 radical (unpaired) electrons. The van der Waals surface area contributed by atoms with Gasteiger partial charge in [0.2, 0.25) is 0 Å². The zero-order valence-corrected chi connectivity index (χ0v) is 18.3. The molecule has 0 saturated heterocycles. The molecule has 0 fully saturated rings. The number of benzene rings is 2. The van der Waals surface area contributed by atoms with Crippen molar-refractivity contribution >= 4 is 11.9 Å². The van der Waals surface area contributed by atoms with Crippen molar-refractivity contribution in [2.75, 3.05) is 13.2 Å². The number of rotatable bonds is 13. The molecule has 0 amide bonds. The van der Waals surface area contributed by atoms with Crippen molar-refractivity contribution in [1.82, 2.24) is 0 Å². The topological polar surface area (TPSA) is 44.8 Å². The summed E-state index contributed by atoms with van der Waals surface area (Å²) in [5.74, 6) is 2.62. The van der Waals surface area contributed by atoms with Crippen LogP contribution in [-0.2, 0) is 0 Å². The minimum Gasteiger partial charge on any atom is -0.493 e. The number of ketones is 1. The Kier molecular flexibility index (Phi) is 9.72. The first-order valence-corrected chi connectivity index (χ1v) is 10.6. The Labute approximate surface area is 180 Å². The molecular formula is C26H32O4. The summed E-state index contributed by atoms with van der Waals surface area (Å²) in [6.45, 7) is 11.0. The van der Waals surface area contributed by atoms with E-state index in [0.29, 0.717) is 30.3 Å². The zero-order chi connectivity index (χ0) is 21.8. The SMILES string of the molecule is C=C(C)Oc1ccc(C(=O)C=Cc2c(OCCCC)cccc2OCCCC)cc1. The van der Waals surface area contributed by atoms with Gasteiger partial charge < -0.3 is 14.2 Å². The quantitative estimate of drug-likeness (QED) is 0.157. The second kappa shape index (κ2) is 12.5. The second-order valence-corrected chi connectivity index (χ2v) is 7.10. The van der Waals surface area contributed by atoms with E-state index in [4.69, 9.17) is 14.2 Å². The summed E-state index contributed by atoms with van der Waals surface area (Å²) in [4.78, 5) is 12.7. The molecule has 30 heavy (non-hydrogen) atoms. The molecule has 2 aromatic rings. The van der Waals surface area contributed by atoms with Crippen molar-refractivity contribution in [1.29, 1.82) is 0 Å². The molecule has 4 nitrogen and oxygen atoms in total. The van der Waals surface area contributed by atoms with Crippen LogP contribution in [0, 0.1) is 0 Å². The predicted molar refractivity (Wildman–Crippen MR) is 122 cm³/mol. The minimum absolute atomic E-state index is 0.0975. The number of carbonyl (C=O) groups is 1. The fourth-order valence-electron chi connectivity index (χ4n) is 2.74. The van der Waals surface area contributed by atoms with Gasteiger partial charge in [0.1, 0.15) is 17.2 Å². The molecule has 0 heterocycles. The van der Waals surface area contributed by atoms with Crippen LogP contribution in [0.1, 0.15) is 62.4 Å². The van der Waals surface area contributed by atoms with Gasteiger partial charge in [0.25, 0.3) is 0 Å². The van der Waals surface area contributed by atoms with Crippen LogP contribution in [-0.4, -0.2) is 19.0 Å². The Hall–Kier alpha value is -3.01. The smallest absolute Gasteiger partial charge is 0.185 e. The highest BCUT2D eigenvalue weighted by molar-refractivity contribution is 6.07. The van der Waals surface area contributed by atoms with Gasteiger partial charge in [-0.1, -0.05) is 39.3 Å². The van der Waals surface area contributed by atoms with Crippen LogP contribution in [0.5, 0.6) is 17.2 Å². The summed E-state index contributed by atoms with van der Waals surface area (Å²) in [6, 6.07) is 12.8. The molecule has 0 aliphatic carbocycles. The lowest BCUT2D eigenvalue weighted by Crippen LogP contribution is -2.02. The maximum absolute atomic E-state index is 12.7. The predicted octanol–water partition coefficient (Wildman–Crippen LogP) is 6.85. The van der Waals surface area contributed by atoms with Crippen molar-refractivity contribution in [3.63, 3.8) is 0 Å². The van der Waals surface area contributed by atoms with E-state index in [0.717, 1.165) is 42.7 Å². The lowest BCUT2D eigenvalue weighted by atomic mass is 10.1. The van der Waals surface area contributed by atoms with E-state index in [1.807, 2.05) is 18.2 Å². The number of allylic oxidation sites excluding steroid dienone is 2. The van der Waals surface area contributed by atoms with Gasteiger partial charge in [-0.3, -0.25) is 4.79 Å². The molecular weight excluding hydrogens is 376 g/mol. The molecule has 2 aromatic carbocycles.